The number of aliphatic imine (C=N–C) groups is 2. The first-order valence-electron chi connectivity index (χ1n) is 19.0. The summed E-state index contributed by atoms with van der Waals surface area (Å²) in [6.45, 7) is 11.5. The van der Waals surface area contributed by atoms with Crippen molar-refractivity contribution in [2.45, 2.75) is 182 Å². The zero-order valence-electron chi connectivity index (χ0n) is 30.0. The van der Waals surface area contributed by atoms with Crippen molar-refractivity contribution in [2.75, 3.05) is 0 Å². The van der Waals surface area contributed by atoms with Gasteiger partial charge in [0.2, 0.25) is 0 Å². The van der Waals surface area contributed by atoms with Crippen LogP contribution in [0.25, 0.3) is 0 Å². The Morgan fingerprint density at radius 1 is 0.467 bits per heavy atom. The van der Waals surface area contributed by atoms with Crippen molar-refractivity contribution in [2.24, 2.45) is 9.98 Å². The molecular formula is C42H68N2Ni. The first-order valence-corrected chi connectivity index (χ1v) is 19.0. The third-order valence-corrected chi connectivity index (χ3v) is 9.00. The van der Waals surface area contributed by atoms with Crippen LogP contribution in [0.15, 0.2) is 46.4 Å². The van der Waals surface area contributed by atoms with Crippen LogP contribution in [0.1, 0.15) is 179 Å². The van der Waals surface area contributed by atoms with E-state index in [4.69, 9.17) is 9.98 Å². The van der Waals surface area contributed by atoms with Crippen molar-refractivity contribution in [3.05, 3.63) is 58.7 Å². The maximum absolute atomic E-state index is 5.25. The van der Waals surface area contributed by atoms with Crippen LogP contribution in [0, 0.1) is 0 Å². The molecule has 0 amide bonds. The van der Waals surface area contributed by atoms with Gasteiger partial charge in [-0.25, -0.2) is 0 Å². The van der Waals surface area contributed by atoms with Crippen molar-refractivity contribution in [3.63, 3.8) is 0 Å². The molecule has 0 saturated carbocycles. The van der Waals surface area contributed by atoms with Crippen LogP contribution in [0.2, 0.25) is 0 Å². The molecule has 3 heteroatoms. The average molecular weight is 660 g/mol. The van der Waals surface area contributed by atoms with Crippen LogP contribution in [0.5, 0.6) is 0 Å². The maximum Gasteiger partial charge on any atom is 0.0636 e. The number of hydrogen-bond acceptors (Lipinski definition) is 2. The molecular weight excluding hydrogens is 591 g/mol. The minimum atomic E-state index is 0. The van der Waals surface area contributed by atoms with Crippen LogP contribution in [0.4, 0.5) is 11.4 Å². The predicted octanol–water partition coefficient (Wildman–Crippen LogP) is 13.8. The molecule has 0 radical (unpaired) electrons. The predicted molar refractivity (Wildman–Crippen MR) is 199 cm³/mol. The fourth-order valence-electron chi connectivity index (χ4n) is 6.14. The molecule has 0 fully saturated rings. The fourth-order valence-corrected chi connectivity index (χ4v) is 6.14. The van der Waals surface area contributed by atoms with Crippen LogP contribution in [-0.4, -0.2) is 11.9 Å². The van der Waals surface area contributed by atoms with Gasteiger partial charge in [-0.3, -0.25) is 9.98 Å². The number of benzene rings is 2. The van der Waals surface area contributed by atoms with Gasteiger partial charge in [-0.15, -0.1) is 0 Å². The van der Waals surface area contributed by atoms with Gasteiger partial charge >= 0.3 is 0 Å². The second-order valence-electron chi connectivity index (χ2n) is 13.1. The summed E-state index contributed by atoms with van der Waals surface area (Å²) in [7, 11) is 0. The number of unbranched alkanes of at least 4 members (excludes halogenated alkanes) is 13. The molecule has 0 aliphatic carbocycles. The Labute approximate surface area is 289 Å². The Morgan fingerprint density at radius 2 is 0.867 bits per heavy atom. The minimum Gasteiger partial charge on any atom is -0.255 e. The second kappa shape index (κ2) is 27.4. The van der Waals surface area contributed by atoms with Crippen molar-refractivity contribution in [1.82, 2.24) is 0 Å². The summed E-state index contributed by atoms with van der Waals surface area (Å²) in [6.07, 6.45) is 31.0. The summed E-state index contributed by atoms with van der Waals surface area (Å²) in [4.78, 5) is 10.3. The summed E-state index contributed by atoms with van der Waals surface area (Å²) in [6, 6.07) is 14.0. The maximum atomic E-state index is 5.25. The third kappa shape index (κ3) is 18.3. The van der Waals surface area contributed by atoms with Crippen LogP contribution in [0.3, 0.4) is 0 Å². The van der Waals surface area contributed by atoms with Gasteiger partial charge in [0.1, 0.15) is 0 Å². The second-order valence-corrected chi connectivity index (χ2v) is 13.1. The number of aryl methyl sites for hydroxylation is 4. The zero-order chi connectivity index (χ0) is 31.7. The van der Waals surface area contributed by atoms with Crippen LogP contribution < -0.4 is 0 Å². The largest absolute Gasteiger partial charge is 0.255 e. The molecule has 0 bridgehead atoms. The smallest absolute Gasteiger partial charge is 0.0636 e. The van der Waals surface area contributed by atoms with Crippen molar-refractivity contribution in [3.8, 4) is 0 Å². The van der Waals surface area contributed by atoms with E-state index in [0.717, 1.165) is 23.5 Å². The average Bonchev–Trinajstić information content (AvgIpc) is 3.03. The van der Waals surface area contributed by atoms with Gasteiger partial charge < -0.3 is 0 Å². The van der Waals surface area contributed by atoms with Gasteiger partial charge in [0.05, 0.1) is 17.1 Å². The number of hydrogen-bond donors (Lipinski definition) is 0. The molecule has 2 aromatic rings. The molecule has 0 N–H and O–H groups in total. The van der Waals surface area contributed by atoms with Gasteiger partial charge in [0.25, 0.3) is 0 Å². The molecule has 0 aliphatic heterocycles. The summed E-state index contributed by atoms with van der Waals surface area (Å²) >= 11 is 0. The van der Waals surface area contributed by atoms with E-state index in [-0.39, 0.29) is 16.5 Å². The van der Waals surface area contributed by atoms with Gasteiger partial charge in [-0.05, 0) is 111 Å². The monoisotopic (exact) mass is 658 g/mol. The molecule has 0 spiro atoms. The minimum absolute atomic E-state index is 0. The third-order valence-electron chi connectivity index (χ3n) is 9.00. The molecule has 256 valence electrons. The first kappa shape index (κ1) is 41.3. The van der Waals surface area contributed by atoms with E-state index in [1.54, 1.807) is 0 Å². The Balaban J connectivity index is 0.0000101. The van der Waals surface area contributed by atoms with Crippen molar-refractivity contribution >= 4 is 23.3 Å². The van der Waals surface area contributed by atoms with E-state index in [1.807, 2.05) is 0 Å². The van der Waals surface area contributed by atoms with E-state index in [9.17, 15) is 0 Å². The Bertz CT molecular complexity index is 1070. The van der Waals surface area contributed by atoms with Gasteiger partial charge in [0.15, 0.2) is 0 Å². The summed E-state index contributed by atoms with van der Waals surface area (Å²) in [5.74, 6) is 0. The van der Waals surface area contributed by atoms with Gasteiger partial charge in [-0.1, -0.05) is 130 Å². The van der Waals surface area contributed by atoms with Crippen LogP contribution in [-0.2, 0) is 42.2 Å². The van der Waals surface area contributed by atoms with E-state index in [2.05, 4.69) is 77.2 Å². The topological polar surface area (TPSA) is 24.7 Å². The summed E-state index contributed by atoms with van der Waals surface area (Å²) < 4.78 is 0. The van der Waals surface area contributed by atoms with E-state index >= 15 is 0 Å². The van der Waals surface area contributed by atoms with Gasteiger partial charge in [0, 0.05) is 22.7 Å². The molecule has 2 aromatic carbocycles. The van der Waals surface area contributed by atoms with E-state index in [1.165, 1.54) is 164 Å². The van der Waals surface area contributed by atoms with Gasteiger partial charge in [-0.2, -0.15) is 0 Å². The summed E-state index contributed by atoms with van der Waals surface area (Å²) in [5.41, 5.74) is 9.40. The molecule has 2 nitrogen and oxygen atoms in total. The quantitative estimate of drug-likeness (QED) is 0.0546. The summed E-state index contributed by atoms with van der Waals surface area (Å²) in [5, 5.41) is 0. The van der Waals surface area contributed by atoms with E-state index in [0.29, 0.717) is 0 Å². The molecule has 45 heavy (non-hydrogen) atoms. The normalized spacial score (nSPS) is 11.8. The Kier molecular flexibility index (Phi) is 25.1. The molecule has 0 heterocycles. The fraction of sp³-hybridized carbons (Fsp3) is 0.667. The van der Waals surface area contributed by atoms with Crippen LogP contribution >= 0.6 is 0 Å². The zero-order valence-corrected chi connectivity index (χ0v) is 31.0. The number of nitrogens with zero attached hydrogens (tertiary/aromatic N) is 2. The molecule has 0 atom stereocenters. The Morgan fingerprint density at radius 3 is 1.38 bits per heavy atom. The number of rotatable bonds is 26. The Hall–Kier alpha value is -1.73. The molecule has 0 aromatic heterocycles. The van der Waals surface area contributed by atoms with Crippen molar-refractivity contribution < 1.29 is 16.5 Å². The molecule has 0 saturated heterocycles. The first-order chi connectivity index (χ1) is 21.6. The van der Waals surface area contributed by atoms with Crippen molar-refractivity contribution in [1.29, 1.82) is 0 Å². The molecule has 0 aliphatic rings. The standard InChI is InChI=1S/C42H68N2.Ni/c1-6-11-16-17-18-23-28-42(44-41-32-30-37(25-20-13-8-3)39(34-41)27-22-15-10-5)35-43-40-31-29-36(24-19-12-7-2)38(33-40)26-21-14-9-4;/h29-35H,6-28H2,1-5H3;/b43-35+,44-42+;. The SMILES string of the molecule is CCCCCCCCC(/C=N/c1ccc(CCCCC)c(CCCCC)c1)=N\c1ccc(CCCCC)c(CCCCC)c1.[Ni]. The van der Waals surface area contributed by atoms with E-state index < -0.39 is 0 Å². The molecule has 0 unspecified atom stereocenters. The molecule has 2 rings (SSSR count).